The van der Waals surface area contributed by atoms with E-state index in [4.69, 9.17) is 23.6 Å². The number of hydrogen-bond acceptors (Lipinski definition) is 8. The Hall–Kier alpha value is -1.15. The van der Waals surface area contributed by atoms with E-state index >= 15 is 0 Å². The van der Waals surface area contributed by atoms with Crippen molar-refractivity contribution in [1.82, 2.24) is 0 Å². The summed E-state index contributed by atoms with van der Waals surface area (Å²) in [4.78, 5) is 21.8. The summed E-state index contributed by atoms with van der Waals surface area (Å²) in [7, 11) is -2.24. The van der Waals surface area contributed by atoms with Crippen LogP contribution in [0.15, 0.2) is 0 Å². The lowest BCUT2D eigenvalue weighted by Crippen LogP contribution is -2.16. The van der Waals surface area contributed by atoms with Crippen LogP contribution in [0.5, 0.6) is 0 Å². The summed E-state index contributed by atoms with van der Waals surface area (Å²) in [6, 6.07) is 0. The van der Waals surface area contributed by atoms with E-state index in [9.17, 15) is 14.2 Å². The van der Waals surface area contributed by atoms with E-state index in [-0.39, 0.29) is 31.4 Å². The summed E-state index contributed by atoms with van der Waals surface area (Å²) >= 11 is 0. The molecule has 0 spiro atoms. The van der Waals surface area contributed by atoms with Gasteiger partial charge in [-0.3, -0.25) is 18.4 Å². The molecule has 2 unspecified atom stereocenters. The number of carboxylic acids is 1. The van der Waals surface area contributed by atoms with Crippen molar-refractivity contribution in [3.8, 4) is 0 Å². The summed E-state index contributed by atoms with van der Waals surface area (Å²) in [6.07, 6.45) is -1.06. The molecule has 0 radical (unpaired) electrons. The fraction of sp³-hybridized carbons (Fsp3) is 0.846. The molecule has 23 heavy (non-hydrogen) atoms. The van der Waals surface area contributed by atoms with Gasteiger partial charge in [-0.1, -0.05) is 6.92 Å². The van der Waals surface area contributed by atoms with E-state index in [1.165, 1.54) is 7.11 Å². The number of aliphatic carboxylic acids is 1. The average molecular weight is 356 g/mol. The second-order valence-corrected chi connectivity index (χ2v) is 7.28. The Balaban J connectivity index is 4.43. The Bertz CT molecular complexity index is 410. The topological polar surface area (TPSA) is 118 Å². The van der Waals surface area contributed by atoms with Crippen LogP contribution in [0.1, 0.15) is 33.6 Å². The van der Waals surface area contributed by atoms with Crippen molar-refractivity contribution in [1.29, 1.82) is 0 Å². The molecule has 0 bridgehead atoms. The Morgan fingerprint density at radius 3 is 2.26 bits per heavy atom. The highest BCUT2D eigenvalue weighted by atomic mass is 31.2. The summed E-state index contributed by atoms with van der Waals surface area (Å²) in [5, 5.41) is 8.65. The minimum absolute atomic E-state index is 0.0216. The van der Waals surface area contributed by atoms with Gasteiger partial charge in [-0.2, -0.15) is 0 Å². The maximum absolute atomic E-state index is 12.5. The van der Waals surface area contributed by atoms with Crippen LogP contribution in [0.3, 0.4) is 0 Å². The zero-order chi connectivity index (χ0) is 17.9. The van der Waals surface area contributed by atoms with Gasteiger partial charge in [0, 0.05) is 13.5 Å². The lowest BCUT2D eigenvalue weighted by Gasteiger charge is -2.21. The monoisotopic (exact) mass is 356 g/mol. The molecule has 0 saturated carbocycles. The average Bonchev–Trinajstić information content (AvgIpc) is 2.42. The van der Waals surface area contributed by atoms with Crippen molar-refractivity contribution >= 4 is 19.7 Å². The molecular formula is C13H25O9P. The molecule has 0 heterocycles. The van der Waals surface area contributed by atoms with E-state index in [1.54, 1.807) is 20.8 Å². The van der Waals surface area contributed by atoms with Crippen LogP contribution in [0.4, 0.5) is 4.79 Å². The van der Waals surface area contributed by atoms with Gasteiger partial charge in [0.05, 0.1) is 12.3 Å². The highest BCUT2D eigenvalue weighted by Crippen LogP contribution is 2.50. The predicted octanol–water partition coefficient (Wildman–Crippen LogP) is 2.84. The zero-order valence-electron chi connectivity index (χ0n) is 13.9. The van der Waals surface area contributed by atoms with Crippen LogP contribution in [0.25, 0.3) is 0 Å². The largest absolute Gasteiger partial charge is 0.510 e. The fourth-order valence-electron chi connectivity index (χ4n) is 1.50. The van der Waals surface area contributed by atoms with Gasteiger partial charge in [-0.05, 0) is 26.2 Å². The molecule has 10 heteroatoms. The maximum atomic E-state index is 12.5. The minimum atomic E-state index is -3.59. The third-order valence-electron chi connectivity index (χ3n) is 2.51. The summed E-state index contributed by atoms with van der Waals surface area (Å²) < 4.78 is 36.7. The summed E-state index contributed by atoms with van der Waals surface area (Å²) in [6.45, 7) is 4.16. The number of rotatable bonds is 12. The second-order valence-electron chi connectivity index (χ2n) is 5.17. The number of carbonyl (C=O) groups excluding carboxylic acids is 1. The standard InChI is InChI=1S/C13H25O9P/c1-10(2)22-13(16)19-9-21-23(17,20-8-18-4)7-11(3)5-6-12(14)15/h10-11H,5-9H2,1-4H3,(H,14,15). The van der Waals surface area contributed by atoms with Crippen LogP contribution >= 0.6 is 7.60 Å². The zero-order valence-corrected chi connectivity index (χ0v) is 14.7. The molecule has 0 aromatic rings. The Morgan fingerprint density at radius 2 is 1.74 bits per heavy atom. The van der Waals surface area contributed by atoms with Crippen molar-refractivity contribution in [2.45, 2.75) is 39.7 Å². The van der Waals surface area contributed by atoms with Crippen LogP contribution in [0.2, 0.25) is 0 Å². The number of ether oxygens (including phenoxy) is 3. The Kier molecular flexibility index (Phi) is 10.8. The lowest BCUT2D eigenvalue weighted by molar-refractivity contribution is -0.137. The molecule has 0 saturated heterocycles. The summed E-state index contributed by atoms with van der Waals surface area (Å²) in [5.74, 6) is -1.17. The van der Waals surface area contributed by atoms with Crippen molar-refractivity contribution < 1.29 is 42.5 Å². The maximum Gasteiger partial charge on any atom is 0.510 e. The number of hydrogen-bond donors (Lipinski definition) is 1. The highest BCUT2D eigenvalue weighted by molar-refractivity contribution is 7.53. The highest BCUT2D eigenvalue weighted by Gasteiger charge is 2.28. The third kappa shape index (κ3) is 12.0. The molecule has 0 aromatic heterocycles. The third-order valence-corrected chi connectivity index (χ3v) is 4.58. The smallest absolute Gasteiger partial charge is 0.481 e. The molecule has 0 aromatic carbocycles. The molecule has 1 N–H and O–H groups in total. The van der Waals surface area contributed by atoms with Gasteiger partial charge in [0.2, 0.25) is 6.79 Å². The molecule has 0 fully saturated rings. The molecule has 0 aliphatic rings. The lowest BCUT2D eigenvalue weighted by atomic mass is 10.1. The first-order valence-corrected chi connectivity index (χ1v) is 8.83. The van der Waals surface area contributed by atoms with E-state index in [1.807, 2.05) is 0 Å². The quantitative estimate of drug-likeness (QED) is 0.320. The Labute approximate surface area is 135 Å². The normalized spacial score (nSPS) is 15.0. The molecule has 0 rings (SSSR count). The molecule has 0 aliphatic heterocycles. The van der Waals surface area contributed by atoms with Gasteiger partial charge in [0.1, 0.15) is 0 Å². The SMILES string of the molecule is COCOP(=O)(CC(C)CCC(=O)O)OCOC(=O)OC(C)C. The van der Waals surface area contributed by atoms with Gasteiger partial charge in [-0.15, -0.1) is 0 Å². The molecule has 2 atom stereocenters. The van der Waals surface area contributed by atoms with Crippen LogP contribution < -0.4 is 0 Å². The van der Waals surface area contributed by atoms with Crippen LogP contribution in [-0.2, 0) is 32.6 Å². The van der Waals surface area contributed by atoms with Gasteiger partial charge >= 0.3 is 19.7 Å². The van der Waals surface area contributed by atoms with E-state index in [0.29, 0.717) is 6.42 Å². The van der Waals surface area contributed by atoms with E-state index < -0.39 is 26.5 Å². The molecule has 9 nitrogen and oxygen atoms in total. The minimum Gasteiger partial charge on any atom is -0.481 e. The van der Waals surface area contributed by atoms with Crippen molar-refractivity contribution in [3.05, 3.63) is 0 Å². The van der Waals surface area contributed by atoms with Gasteiger partial charge in [0.25, 0.3) is 0 Å². The van der Waals surface area contributed by atoms with Crippen molar-refractivity contribution in [2.24, 2.45) is 5.92 Å². The van der Waals surface area contributed by atoms with E-state index in [0.717, 1.165) is 0 Å². The first kappa shape index (κ1) is 21.9. The molecule has 0 aliphatic carbocycles. The first-order valence-electron chi connectivity index (χ1n) is 7.10. The Morgan fingerprint density at radius 1 is 1.13 bits per heavy atom. The van der Waals surface area contributed by atoms with Gasteiger partial charge < -0.3 is 19.3 Å². The molecule has 136 valence electrons. The van der Waals surface area contributed by atoms with Crippen LogP contribution in [0, 0.1) is 5.92 Å². The van der Waals surface area contributed by atoms with Gasteiger partial charge in [0.15, 0.2) is 6.79 Å². The molecule has 0 amide bonds. The second kappa shape index (κ2) is 11.4. The van der Waals surface area contributed by atoms with E-state index in [2.05, 4.69) is 4.74 Å². The molecular weight excluding hydrogens is 331 g/mol. The summed E-state index contributed by atoms with van der Waals surface area (Å²) in [5.41, 5.74) is 0. The number of carboxylic acid groups (broad SMARTS) is 1. The number of methoxy groups -OCH3 is 1. The van der Waals surface area contributed by atoms with Crippen LogP contribution in [-0.4, -0.2) is 50.2 Å². The van der Waals surface area contributed by atoms with Gasteiger partial charge in [-0.25, -0.2) is 4.79 Å². The van der Waals surface area contributed by atoms with Crippen molar-refractivity contribution in [2.75, 3.05) is 26.9 Å². The number of carbonyl (C=O) groups is 2. The van der Waals surface area contributed by atoms with Crippen molar-refractivity contribution in [3.63, 3.8) is 0 Å². The fourth-order valence-corrected chi connectivity index (χ4v) is 3.21. The predicted molar refractivity (Wildman–Crippen MR) is 80.1 cm³/mol. The first-order chi connectivity index (χ1) is 10.7.